The summed E-state index contributed by atoms with van der Waals surface area (Å²) in [4.78, 5) is 30.9. The van der Waals surface area contributed by atoms with E-state index in [9.17, 15) is 9.59 Å². The minimum atomic E-state index is -0.167. The van der Waals surface area contributed by atoms with Gasteiger partial charge in [-0.15, -0.1) is 0 Å². The van der Waals surface area contributed by atoms with Crippen molar-refractivity contribution in [1.82, 2.24) is 14.5 Å². The van der Waals surface area contributed by atoms with Crippen molar-refractivity contribution in [1.29, 1.82) is 0 Å². The summed E-state index contributed by atoms with van der Waals surface area (Å²) in [5, 5.41) is 2.97. The maximum Gasteiger partial charge on any atom is 0.231 e. The highest BCUT2D eigenvalue weighted by atomic mass is 16.2. The predicted octanol–water partition coefficient (Wildman–Crippen LogP) is 2.64. The lowest BCUT2D eigenvalue weighted by molar-refractivity contribution is -0.134. The van der Waals surface area contributed by atoms with Crippen LogP contribution in [0.5, 0.6) is 0 Å². The average Bonchev–Trinajstić information content (AvgIpc) is 2.98. The fourth-order valence-corrected chi connectivity index (χ4v) is 3.34. The number of carbonyl (C=O) groups is 2. The number of para-hydroxylation sites is 2. The van der Waals surface area contributed by atoms with Gasteiger partial charge in [-0.25, -0.2) is 4.98 Å². The van der Waals surface area contributed by atoms with Crippen molar-refractivity contribution < 1.29 is 9.59 Å². The van der Waals surface area contributed by atoms with Gasteiger partial charge < -0.3 is 9.47 Å². The number of rotatable bonds is 4. The summed E-state index contributed by atoms with van der Waals surface area (Å²) in [7, 11) is 0. The first-order valence-corrected chi connectivity index (χ1v) is 8.68. The van der Waals surface area contributed by atoms with Crippen molar-refractivity contribution in [3.05, 3.63) is 24.3 Å². The first kappa shape index (κ1) is 16.5. The van der Waals surface area contributed by atoms with Crippen LogP contribution >= 0.6 is 0 Å². The number of hydrogen-bond acceptors (Lipinski definition) is 3. The number of imidazole rings is 1. The zero-order chi connectivity index (χ0) is 17.1. The Morgan fingerprint density at radius 3 is 2.83 bits per heavy atom. The maximum absolute atomic E-state index is 12.7. The Kier molecular flexibility index (Phi) is 4.83. The summed E-state index contributed by atoms with van der Waals surface area (Å²) in [6.07, 6.45) is 2.17. The molecule has 0 aliphatic carbocycles. The maximum atomic E-state index is 12.7. The number of fused-ring (bicyclic) bond motifs is 1. The molecule has 2 amide bonds. The van der Waals surface area contributed by atoms with Crippen molar-refractivity contribution in [2.24, 2.45) is 5.92 Å². The van der Waals surface area contributed by atoms with E-state index in [-0.39, 0.29) is 17.7 Å². The summed E-state index contributed by atoms with van der Waals surface area (Å²) in [6.45, 7) is 5.89. The van der Waals surface area contributed by atoms with E-state index in [2.05, 4.69) is 10.3 Å². The molecule has 0 bridgehead atoms. The Morgan fingerprint density at radius 1 is 1.29 bits per heavy atom. The van der Waals surface area contributed by atoms with E-state index < -0.39 is 0 Å². The van der Waals surface area contributed by atoms with Gasteiger partial charge in [0.05, 0.1) is 17.0 Å². The molecule has 1 atom stereocenters. The molecule has 1 N–H and O–H groups in total. The number of nitrogens with one attached hydrogen (secondary N) is 1. The van der Waals surface area contributed by atoms with Gasteiger partial charge in [0.15, 0.2) is 0 Å². The van der Waals surface area contributed by atoms with Gasteiger partial charge >= 0.3 is 0 Å². The van der Waals surface area contributed by atoms with E-state index in [0.29, 0.717) is 18.9 Å². The molecular weight excluding hydrogens is 304 g/mol. The minimum Gasteiger partial charge on any atom is -0.342 e. The number of piperidine rings is 1. The summed E-state index contributed by atoms with van der Waals surface area (Å²) >= 11 is 0. The largest absolute Gasteiger partial charge is 0.342 e. The molecule has 6 nitrogen and oxygen atoms in total. The highest BCUT2D eigenvalue weighted by Gasteiger charge is 2.28. The first-order chi connectivity index (χ1) is 11.6. The third-order valence-electron chi connectivity index (χ3n) is 4.65. The molecule has 1 aromatic carbocycles. The van der Waals surface area contributed by atoms with Gasteiger partial charge in [-0.1, -0.05) is 19.1 Å². The summed E-state index contributed by atoms with van der Waals surface area (Å²) in [5.74, 6) is 0.490. The quantitative estimate of drug-likeness (QED) is 0.938. The van der Waals surface area contributed by atoms with Gasteiger partial charge in [0.2, 0.25) is 17.8 Å². The van der Waals surface area contributed by atoms with E-state index in [0.717, 1.165) is 37.0 Å². The van der Waals surface area contributed by atoms with E-state index in [1.165, 1.54) is 0 Å². The molecule has 1 aliphatic rings. The second-order valence-corrected chi connectivity index (χ2v) is 6.19. The number of carbonyl (C=O) groups excluding carboxylic acids is 2. The van der Waals surface area contributed by atoms with Crippen LogP contribution in [0, 0.1) is 5.92 Å². The monoisotopic (exact) mass is 328 g/mol. The van der Waals surface area contributed by atoms with Gasteiger partial charge in [0.1, 0.15) is 0 Å². The van der Waals surface area contributed by atoms with Gasteiger partial charge in [0.25, 0.3) is 0 Å². The Hall–Kier alpha value is -2.37. The van der Waals surface area contributed by atoms with Crippen LogP contribution in [-0.4, -0.2) is 39.4 Å². The normalized spacial score (nSPS) is 17.9. The molecule has 2 aromatic rings. The number of likely N-dealkylation sites (tertiary alicyclic amines) is 1. The number of aromatic nitrogens is 2. The molecule has 6 heteroatoms. The van der Waals surface area contributed by atoms with Crippen LogP contribution in [-0.2, 0) is 16.1 Å². The molecule has 0 saturated carbocycles. The molecule has 128 valence electrons. The van der Waals surface area contributed by atoms with Crippen LogP contribution in [0.1, 0.15) is 33.1 Å². The van der Waals surface area contributed by atoms with Crippen LogP contribution in [0.4, 0.5) is 5.95 Å². The fraction of sp³-hybridized carbons (Fsp3) is 0.500. The molecule has 3 rings (SSSR count). The van der Waals surface area contributed by atoms with Crippen molar-refractivity contribution in [2.75, 3.05) is 18.4 Å². The first-order valence-electron chi connectivity index (χ1n) is 8.68. The zero-order valence-electron chi connectivity index (χ0n) is 14.3. The van der Waals surface area contributed by atoms with Crippen molar-refractivity contribution in [2.45, 2.75) is 39.7 Å². The van der Waals surface area contributed by atoms with E-state index in [4.69, 9.17) is 0 Å². The number of amides is 2. The number of aryl methyl sites for hydroxylation is 1. The second kappa shape index (κ2) is 7.03. The van der Waals surface area contributed by atoms with Gasteiger partial charge in [-0.2, -0.15) is 0 Å². The van der Waals surface area contributed by atoms with Crippen molar-refractivity contribution in [3.63, 3.8) is 0 Å². The molecule has 1 aromatic heterocycles. The van der Waals surface area contributed by atoms with Crippen LogP contribution in [0.15, 0.2) is 24.3 Å². The lowest BCUT2D eigenvalue weighted by Gasteiger charge is -2.31. The van der Waals surface area contributed by atoms with E-state index in [1.807, 2.05) is 42.7 Å². The number of hydrogen-bond donors (Lipinski definition) is 1. The molecule has 1 saturated heterocycles. The number of nitrogens with zero attached hydrogens (tertiary/aromatic N) is 3. The summed E-state index contributed by atoms with van der Waals surface area (Å²) in [6, 6.07) is 7.86. The molecule has 2 heterocycles. The number of anilines is 1. The van der Waals surface area contributed by atoms with Crippen LogP contribution in [0.25, 0.3) is 11.0 Å². The van der Waals surface area contributed by atoms with E-state index in [1.54, 1.807) is 4.90 Å². The highest BCUT2D eigenvalue weighted by Crippen LogP contribution is 2.22. The van der Waals surface area contributed by atoms with Gasteiger partial charge in [-0.05, 0) is 31.9 Å². The molecule has 1 unspecified atom stereocenters. The third kappa shape index (κ3) is 3.13. The molecule has 0 spiro atoms. The predicted molar refractivity (Wildman–Crippen MR) is 93.6 cm³/mol. The van der Waals surface area contributed by atoms with Gasteiger partial charge in [0, 0.05) is 26.1 Å². The van der Waals surface area contributed by atoms with Crippen LogP contribution < -0.4 is 5.32 Å². The SMILES string of the molecule is CCC(=O)N1CCCC(C(=O)Nc2nc3ccccc3n2CC)C1. The standard InChI is InChI=1S/C18H24N4O2/c1-3-16(23)21-11-7-8-13(12-21)17(24)20-18-19-14-9-5-6-10-15(14)22(18)4-2/h5-6,9-10,13H,3-4,7-8,11-12H2,1-2H3,(H,19,20,24). The molecule has 0 radical (unpaired) electrons. The lowest BCUT2D eigenvalue weighted by Crippen LogP contribution is -2.43. The van der Waals surface area contributed by atoms with Crippen LogP contribution in [0.2, 0.25) is 0 Å². The zero-order valence-corrected chi connectivity index (χ0v) is 14.3. The minimum absolute atomic E-state index is 0.0476. The molecule has 1 aliphatic heterocycles. The smallest absolute Gasteiger partial charge is 0.231 e. The second-order valence-electron chi connectivity index (χ2n) is 6.19. The topological polar surface area (TPSA) is 67.2 Å². The summed E-state index contributed by atoms with van der Waals surface area (Å²) in [5.41, 5.74) is 1.89. The molecule has 24 heavy (non-hydrogen) atoms. The average molecular weight is 328 g/mol. The Balaban J connectivity index is 1.76. The van der Waals surface area contributed by atoms with Gasteiger partial charge in [-0.3, -0.25) is 14.9 Å². The highest BCUT2D eigenvalue weighted by molar-refractivity contribution is 5.93. The van der Waals surface area contributed by atoms with Crippen molar-refractivity contribution >= 4 is 28.8 Å². The third-order valence-corrected chi connectivity index (χ3v) is 4.65. The Labute approximate surface area is 141 Å². The Bertz CT molecular complexity index is 753. The lowest BCUT2D eigenvalue weighted by atomic mass is 9.97. The Morgan fingerprint density at radius 2 is 2.08 bits per heavy atom. The van der Waals surface area contributed by atoms with Crippen LogP contribution in [0.3, 0.4) is 0 Å². The van der Waals surface area contributed by atoms with Crippen molar-refractivity contribution in [3.8, 4) is 0 Å². The number of benzene rings is 1. The fourth-order valence-electron chi connectivity index (χ4n) is 3.34. The molecule has 1 fully saturated rings. The van der Waals surface area contributed by atoms with E-state index >= 15 is 0 Å². The summed E-state index contributed by atoms with van der Waals surface area (Å²) < 4.78 is 2.00. The molecular formula is C18H24N4O2.